The molecule has 2 unspecified atom stereocenters. The summed E-state index contributed by atoms with van der Waals surface area (Å²) in [6.45, 7) is 4.78. The van der Waals surface area contributed by atoms with Crippen molar-refractivity contribution in [2.45, 2.75) is 25.8 Å². The van der Waals surface area contributed by atoms with Gasteiger partial charge in [-0.2, -0.15) is 0 Å². The molecule has 130 valence electrons. The fourth-order valence-corrected chi connectivity index (χ4v) is 3.89. The quantitative estimate of drug-likeness (QED) is 0.841. The summed E-state index contributed by atoms with van der Waals surface area (Å²) in [6.07, 6.45) is 2.25. The molecule has 1 amide bonds. The van der Waals surface area contributed by atoms with Gasteiger partial charge in [0, 0.05) is 30.2 Å². The Morgan fingerprint density at radius 3 is 2.88 bits per heavy atom. The van der Waals surface area contributed by atoms with E-state index in [1.165, 1.54) is 6.42 Å². The van der Waals surface area contributed by atoms with Gasteiger partial charge in [0.25, 0.3) is 5.91 Å². The predicted molar refractivity (Wildman–Crippen MR) is 101 cm³/mol. The Bertz CT molecular complexity index is 737. The minimum Gasteiger partial charge on any atom is -0.338 e. The summed E-state index contributed by atoms with van der Waals surface area (Å²) in [5.74, 6) is 0.777. The number of nitrogens with zero attached hydrogens (tertiary/aromatic N) is 2. The number of pyridine rings is 1. The van der Waals surface area contributed by atoms with E-state index in [1.807, 2.05) is 42.2 Å². The number of aryl methyl sites for hydroxylation is 1. The van der Waals surface area contributed by atoms with E-state index in [0.29, 0.717) is 12.0 Å². The van der Waals surface area contributed by atoms with Crippen LogP contribution in [0, 0.1) is 12.8 Å². The Kier molecular flexibility index (Phi) is 6.07. The summed E-state index contributed by atoms with van der Waals surface area (Å²) in [5.41, 5.74) is 2.61. The highest BCUT2D eigenvalue weighted by Crippen LogP contribution is 2.27. The van der Waals surface area contributed by atoms with Gasteiger partial charge >= 0.3 is 0 Å². The molecule has 1 aromatic heterocycles. The largest absolute Gasteiger partial charge is 0.338 e. The third kappa shape index (κ3) is 3.37. The molecule has 0 aliphatic carbocycles. The van der Waals surface area contributed by atoms with Gasteiger partial charge in [0.05, 0.1) is 11.1 Å². The van der Waals surface area contributed by atoms with Gasteiger partial charge in [-0.15, -0.1) is 24.8 Å². The zero-order valence-corrected chi connectivity index (χ0v) is 15.3. The average Bonchev–Trinajstić information content (AvgIpc) is 3.00. The van der Waals surface area contributed by atoms with E-state index in [9.17, 15) is 4.79 Å². The Balaban J connectivity index is 0.00000104. The third-order valence-electron chi connectivity index (χ3n) is 5.02. The van der Waals surface area contributed by atoms with E-state index >= 15 is 0 Å². The van der Waals surface area contributed by atoms with Crippen LogP contribution in [0.1, 0.15) is 28.9 Å². The second-order valence-electron chi connectivity index (χ2n) is 6.48. The minimum absolute atomic E-state index is 0. The predicted octanol–water partition coefficient (Wildman–Crippen LogP) is 3.21. The van der Waals surface area contributed by atoms with E-state index in [-0.39, 0.29) is 30.7 Å². The Morgan fingerprint density at radius 2 is 2.04 bits per heavy atom. The lowest BCUT2D eigenvalue weighted by Gasteiger charge is -2.35. The Hall–Kier alpha value is -1.36. The summed E-state index contributed by atoms with van der Waals surface area (Å²) in [5, 5.41) is 4.51. The van der Waals surface area contributed by atoms with Gasteiger partial charge in [-0.25, -0.2) is 0 Å². The molecule has 4 nitrogen and oxygen atoms in total. The molecule has 3 heterocycles. The smallest absolute Gasteiger partial charge is 0.254 e. The molecule has 0 radical (unpaired) electrons. The number of carbonyl (C=O) groups excluding carboxylic acids is 1. The number of rotatable bonds is 1. The lowest BCUT2D eigenvalue weighted by Crippen LogP contribution is -2.46. The van der Waals surface area contributed by atoms with Gasteiger partial charge < -0.3 is 10.2 Å². The number of halogens is 2. The monoisotopic (exact) mass is 367 g/mol. The van der Waals surface area contributed by atoms with Crippen LogP contribution in [0.2, 0.25) is 0 Å². The number of para-hydroxylation sites is 1. The maximum atomic E-state index is 13.0. The topological polar surface area (TPSA) is 45.2 Å². The second-order valence-corrected chi connectivity index (χ2v) is 6.48. The van der Waals surface area contributed by atoms with Crippen molar-refractivity contribution in [1.82, 2.24) is 15.2 Å². The van der Waals surface area contributed by atoms with Crippen molar-refractivity contribution in [3.05, 3.63) is 41.6 Å². The van der Waals surface area contributed by atoms with Crippen LogP contribution in [0.4, 0.5) is 0 Å². The molecular weight excluding hydrogens is 345 g/mol. The molecule has 2 aromatic rings. The molecule has 1 aromatic carbocycles. The van der Waals surface area contributed by atoms with Crippen LogP contribution < -0.4 is 5.32 Å². The average molecular weight is 368 g/mol. The van der Waals surface area contributed by atoms with Crippen molar-refractivity contribution in [2.24, 2.45) is 5.92 Å². The number of carbonyl (C=O) groups is 1. The van der Waals surface area contributed by atoms with Crippen LogP contribution in [-0.4, -0.2) is 41.5 Å². The summed E-state index contributed by atoms with van der Waals surface area (Å²) >= 11 is 0. The summed E-state index contributed by atoms with van der Waals surface area (Å²) in [6, 6.07) is 10.5. The van der Waals surface area contributed by atoms with E-state index in [0.717, 1.165) is 48.2 Å². The van der Waals surface area contributed by atoms with E-state index in [4.69, 9.17) is 0 Å². The maximum absolute atomic E-state index is 13.0. The first-order valence-electron chi connectivity index (χ1n) is 8.11. The number of likely N-dealkylation sites (tertiary alicyclic amines) is 1. The third-order valence-corrected chi connectivity index (χ3v) is 5.02. The molecule has 2 atom stereocenters. The highest BCUT2D eigenvalue weighted by Gasteiger charge is 2.34. The van der Waals surface area contributed by atoms with Crippen LogP contribution in [-0.2, 0) is 0 Å². The number of hydrogen-bond donors (Lipinski definition) is 1. The number of piperidine rings is 1. The van der Waals surface area contributed by atoms with E-state index in [2.05, 4.69) is 10.3 Å². The van der Waals surface area contributed by atoms with Gasteiger partial charge in [0.1, 0.15) is 0 Å². The zero-order chi connectivity index (χ0) is 15.1. The number of aromatic nitrogens is 1. The van der Waals surface area contributed by atoms with Crippen molar-refractivity contribution in [2.75, 3.05) is 19.6 Å². The number of nitrogens with one attached hydrogen (secondary N) is 1. The minimum atomic E-state index is 0. The lowest BCUT2D eigenvalue weighted by atomic mass is 9.92. The van der Waals surface area contributed by atoms with E-state index in [1.54, 1.807) is 0 Å². The SMILES string of the molecule is Cc1cc(C(=O)N2CCC3NCCC3C2)c2ccccc2n1.Cl.Cl. The van der Waals surface area contributed by atoms with Crippen molar-refractivity contribution in [1.29, 1.82) is 0 Å². The number of fused-ring (bicyclic) bond motifs is 2. The van der Waals surface area contributed by atoms with Gasteiger partial charge in [0.2, 0.25) is 0 Å². The number of benzene rings is 1. The van der Waals surface area contributed by atoms with Crippen LogP contribution in [0.3, 0.4) is 0 Å². The number of amides is 1. The molecule has 2 aliphatic rings. The summed E-state index contributed by atoms with van der Waals surface area (Å²) < 4.78 is 0. The molecule has 0 spiro atoms. The highest BCUT2D eigenvalue weighted by molar-refractivity contribution is 6.06. The first-order chi connectivity index (χ1) is 10.7. The van der Waals surface area contributed by atoms with Crippen LogP contribution in [0.15, 0.2) is 30.3 Å². The molecule has 0 bridgehead atoms. The lowest BCUT2D eigenvalue weighted by molar-refractivity contribution is 0.0664. The van der Waals surface area contributed by atoms with Crippen LogP contribution >= 0.6 is 24.8 Å². The summed E-state index contributed by atoms with van der Waals surface area (Å²) in [7, 11) is 0. The molecule has 2 fully saturated rings. The van der Waals surface area contributed by atoms with Crippen molar-refractivity contribution >= 4 is 41.6 Å². The molecular formula is C18H23Cl2N3O. The zero-order valence-electron chi connectivity index (χ0n) is 13.7. The first kappa shape index (κ1) is 19.0. The second kappa shape index (κ2) is 7.68. The van der Waals surface area contributed by atoms with Gasteiger partial charge in [-0.1, -0.05) is 18.2 Å². The van der Waals surface area contributed by atoms with Gasteiger partial charge in [0.15, 0.2) is 0 Å². The summed E-state index contributed by atoms with van der Waals surface area (Å²) in [4.78, 5) is 19.6. The molecule has 2 aliphatic heterocycles. The normalized spacial score (nSPS) is 22.5. The van der Waals surface area contributed by atoms with Gasteiger partial charge in [-0.05, 0) is 44.4 Å². The van der Waals surface area contributed by atoms with E-state index < -0.39 is 0 Å². The fraction of sp³-hybridized carbons (Fsp3) is 0.444. The molecule has 4 rings (SSSR count). The number of hydrogen-bond acceptors (Lipinski definition) is 3. The highest BCUT2D eigenvalue weighted by atomic mass is 35.5. The van der Waals surface area contributed by atoms with Crippen LogP contribution in [0.5, 0.6) is 0 Å². The maximum Gasteiger partial charge on any atom is 0.254 e. The van der Waals surface area contributed by atoms with Crippen LogP contribution in [0.25, 0.3) is 10.9 Å². The molecule has 0 saturated carbocycles. The molecule has 6 heteroatoms. The first-order valence-corrected chi connectivity index (χ1v) is 8.11. The van der Waals surface area contributed by atoms with Crippen molar-refractivity contribution in [3.8, 4) is 0 Å². The van der Waals surface area contributed by atoms with Crippen molar-refractivity contribution in [3.63, 3.8) is 0 Å². The standard InChI is InChI=1S/C18H21N3O.2ClH/c1-12-10-15(14-4-2-3-5-17(14)20-12)18(22)21-9-7-16-13(11-21)6-8-19-16;;/h2-5,10,13,16,19H,6-9,11H2,1H3;2*1H. The molecule has 24 heavy (non-hydrogen) atoms. The van der Waals surface area contributed by atoms with Gasteiger partial charge in [-0.3, -0.25) is 9.78 Å². The Morgan fingerprint density at radius 1 is 1.25 bits per heavy atom. The van der Waals surface area contributed by atoms with Crippen molar-refractivity contribution < 1.29 is 4.79 Å². The molecule has 2 saturated heterocycles. The fourth-order valence-electron chi connectivity index (χ4n) is 3.89. The molecule has 1 N–H and O–H groups in total. The Labute approximate surface area is 154 Å².